The standard InChI is InChI=1S/C42H40N2/c1-31-25-32(2)28-41(27-31)43(37-11-7-5-8-12-37)39-21-17-35(18-22-39)15-16-36-19-23-40(24-20-36)44(38-13-9-6-10-14-38)42-29-33(3)26-34(4)30-42/h5-19,21-23,25-30H,20,24H2,1-4H3/b16-15+. The van der Waals surface area contributed by atoms with Gasteiger partial charge in [-0.3, -0.25) is 0 Å². The van der Waals surface area contributed by atoms with Crippen LogP contribution in [0.15, 0.2) is 151 Å². The Bertz CT molecular complexity index is 1790. The van der Waals surface area contributed by atoms with E-state index in [0.717, 1.165) is 24.2 Å². The van der Waals surface area contributed by atoms with Gasteiger partial charge in [0.2, 0.25) is 0 Å². The van der Waals surface area contributed by atoms with E-state index in [4.69, 9.17) is 0 Å². The van der Waals surface area contributed by atoms with Crippen molar-refractivity contribution in [2.45, 2.75) is 40.5 Å². The van der Waals surface area contributed by atoms with Crippen LogP contribution in [0, 0.1) is 27.7 Å². The van der Waals surface area contributed by atoms with Crippen LogP contribution in [0.3, 0.4) is 0 Å². The summed E-state index contributed by atoms with van der Waals surface area (Å²) in [7, 11) is 0. The van der Waals surface area contributed by atoms with Crippen LogP contribution in [0.4, 0.5) is 28.4 Å². The van der Waals surface area contributed by atoms with E-state index in [1.807, 2.05) is 0 Å². The van der Waals surface area contributed by atoms with Crippen LogP contribution in [0.5, 0.6) is 0 Å². The zero-order valence-corrected chi connectivity index (χ0v) is 26.2. The molecule has 2 nitrogen and oxygen atoms in total. The van der Waals surface area contributed by atoms with Crippen LogP contribution < -0.4 is 9.80 Å². The summed E-state index contributed by atoms with van der Waals surface area (Å²) >= 11 is 0. The molecule has 1 aliphatic carbocycles. The lowest BCUT2D eigenvalue weighted by atomic mass is 9.99. The summed E-state index contributed by atoms with van der Waals surface area (Å²) in [6, 6.07) is 43.7. The third-order valence-electron chi connectivity index (χ3n) is 8.05. The molecule has 0 bridgehead atoms. The van der Waals surface area contributed by atoms with Crippen molar-refractivity contribution in [1.82, 2.24) is 0 Å². The lowest BCUT2D eigenvalue weighted by Crippen LogP contribution is -2.18. The average molecular weight is 573 g/mol. The number of hydrogen-bond acceptors (Lipinski definition) is 2. The summed E-state index contributed by atoms with van der Waals surface area (Å²) < 4.78 is 0. The van der Waals surface area contributed by atoms with E-state index in [1.165, 1.54) is 56.1 Å². The summed E-state index contributed by atoms with van der Waals surface area (Å²) in [5, 5.41) is 0. The summed E-state index contributed by atoms with van der Waals surface area (Å²) in [5.74, 6) is 0. The molecule has 5 aromatic carbocycles. The molecule has 0 radical (unpaired) electrons. The number of benzene rings is 5. The second kappa shape index (κ2) is 13.1. The molecule has 0 aromatic heterocycles. The minimum absolute atomic E-state index is 0.985. The van der Waals surface area contributed by atoms with E-state index in [0.29, 0.717) is 0 Å². The molecule has 218 valence electrons. The van der Waals surface area contributed by atoms with Gasteiger partial charge in [-0.25, -0.2) is 0 Å². The first kappa shape index (κ1) is 29.0. The minimum atomic E-state index is 0.985. The maximum absolute atomic E-state index is 2.41. The topological polar surface area (TPSA) is 6.48 Å². The Morgan fingerprint density at radius 1 is 0.432 bits per heavy atom. The number of nitrogens with zero attached hydrogens (tertiary/aromatic N) is 2. The lowest BCUT2D eigenvalue weighted by Gasteiger charge is -2.30. The van der Waals surface area contributed by atoms with Gasteiger partial charge in [-0.05, 0) is 141 Å². The number of anilines is 5. The van der Waals surface area contributed by atoms with Gasteiger partial charge in [0.1, 0.15) is 0 Å². The second-order valence-corrected chi connectivity index (χ2v) is 11.9. The summed E-state index contributed by atoms with van der Waals surface area (Å²) in [6.45, 7) is 8.67. The third kappa shape index (κ3) is 6.76. The molecule has 1 aliphatic rings. The van der Waals surface area contributed by atoms with E-state index >= 15 is 0 Å². The van der Waals surface area contributed by atoms with E-state index in [-0.39, 0.29) is 0 Å². The van der Waals surface area contributed by atoms with Gasteiger partial charge in [-0.2, -0.15) is 0 Å². The van der Waals surface area contributed by atoms with Crippen molar-refractivity contribution in [2.24, 2.45) is 0 Å². The van der Waals surface area contributed by atoms with Crippen molar-refractivity contribution in [3.05, 3.63) is 179 Å². The van der Waals surface area contributed by atoms with Gasteiger partial charge < -0.3 is 9.80 Å². The molecule has 0 amide bonds. The summed E-state index contributed by atoms with van der Waals surface area (Å²) in [6.07, 6.45) is 11.1. The van der Waals surface area contributed by atoms with E-state index in [9.17, 15) is 0 Å². The molecular weight excluding hydrogens is 532 g/mol. The fourth-order valence-electron chi connectivity index (χ4n) is 6.15. The molecule has 0 unspecified atom stereocenters. The summed E-state index contributed by atoms with van der Waals surface area (Å²) in [5.41, 5.74) is 14.8. The quantitative estimate of drug-likeness (QED) is 0.182. The fraction of sp³-hybridized carbons (Fsp3) is 0.143. The molecule has 44 heavy (non-hydrogen) atoms. The molecule has 5 aromatic rings. The second-order valence-electron chi connectivity index (χ2n) is 11.9. The van der Waals surface area contributed by atoms with Crippen molar-refractivity contribution >= 4 is 34.5 Å². The summed E-state index contributed by atoms with van der Waals surface area (Å²) in [4.78, 5) is 4.74. The molecule has 0 spiro atoms. The number of para-hydroxylation sites is 2. The molecule has 0 atom stereocenters. The largest absolute Gasteiger partial charge is 0.314 e. The van der Waals surface area contributed by atoms with Gasteiger partial charge in [-0.15, -0.1) is 0 Å². The highest BCUT2D eigenvalue weighted by Crippen LogP contribution is 2.37. The van der Waals surface area contributed by atoms with E-state index in [2.05, 4.69) is 183 Å². The minimum Gasteiger partial charge on any atom is -0.314 e. The van der Waals surface area contributed by atoms with Crippen LogP contribution in [0.2, 0.25) is 0 Å². The van der Waals surface area contributed by atoms with Gasteiger partial charge >= 0.3 is 0 Å². The van der Waals surface area contributed by atoms with Crippen molar-refractivity contribution in [2.75, 3.05) is 9.80 Å². The number of aryl methyl sites for hydroxylation is 4. The van der Waals surface area contributed by atoms with Gasteiger partial charge in [0.15, 0.2) is 0 Å². The molecule has 6 rings (SSSR count). The predicted octanol–water partition coefficient (Wildman–Crippen LogP) is 11.8. The van der Waals surface area contributed by atoms with Crippen LogP contribution in [0.1, 0.15) is 40.7 Å². The van der Waals surface area contributed by atoms with Crippen LogP contribution >= 0.6 is 0 Å². The van der Waals surface area contributed by atoms with Crippen LogP contribution in [-0.2, 0) is 0 Å². The first-order chi connectivity index (χ1) is 21.4. The maximum Gasteiger partial charge on any atom is 0.0466 e. The zero-order valence-electron chi connectivity index (χ0n) is 26.2. The Labute approximate surface area is 262 Å². The highest BCUT2D eigenvalue weighted by Gasteiger charge is 2.17. The van der Waals surface area contributed by atoms with Crippen LogP contribution in [0.25, 0.3) is 6.08 Å². The Morgan fingerprint density at radius 3 is 1.41 bits per heavy atom. The van der Waals surface area contributed by atoms with Gasteiger partial charge in [-0.1, -0.05) is 78.9 Å². The number of rotatable bonds is 8. The van der Waals surface area contributed by atoms with Gasteiger partial charge in [0, 0.05) is 34.1 Å². The van der Waals surface area contributed by atoms with Gasteiger partial charge in [0.25, 0.3) is 0 Å². The predicted molar refractivity (Wildman–Crippen MR) is 190 cm³/mol. The smallest absolute Gasteiger partial charge is 0.0466 e. The highest BCUT2D eigenvalue weighted by atomic mass is 15.2. The SMILES string of the molecule is Cc1cc(C)cc(N(C2=CC=C(/C=C/c3ccc(N(c4ccccc4)c4cc(C)cc(C)c4)cc3)CC2)c2ccccc2)c1. The van der Waals surface area contributed by atoms with E-state index < -0.39 is 0 Å². The molecule has 0 aliphatic heterocycles. The molecule has 0 heterocycles. The lowest BCUT2D eigenvalue weighted by molar-refractivity contribution is 0.892. The molecule has 0 saturated heterocycles. The van der Waals surface area contributed by atoms with E-state index in [1.54, 1.807) is 0 Å². The monoisotopic (exact) mass is 572 g/mol. The number of hydrogen-bond donors (Lipinski definition) is 0. The Hall–Kier alpha value is -5.08. The third-order valence-corrected chi connectivity index (χ3v) is 8.05. The zero-order chi connectivity index (χ0) is 30.5. The molecule has 0 fully saturated rings. The van der Waals surface area contributed by atoms with Gasteiger partial charge in [0.05, 0.1) is 0 Å². The average Bonchev–Trinajstić information content (AvgIpc) is 3.02. The number of allylic oxidation sites excluding steroid dienone is 5. The Morgan fingerprint density at radius 2 is 0.909 bits per heavy atom. The molecule has 0 N–H and O–H groups in total. The molecule has 2 heteroatoms. The van der Waals surface area contributed by atoms with Crippen molar-refractivity contribution in [1.29, 1.82) is 0 Å². The molecular formula is C42H40N2. The highest BCUT2D eigenvalue weighted by molar-refractivity contribution is 5.78. The Balaban J connectivity index is 1.24. The van der Waals surface area contributed by atoms with Crippen molar-refractivity contribution < 1.29 is 0 Å². The molecule has 0 saturated carbocycles. The first-order valence-electron chi connectivity index (χ1n) is 15.5. The Kier molecular flexibility index (Phi) is 8.61. The van der Waals surface area contributed by atoms with Crippen LogP contribution in [-0.4, -0.2) is 0 Å². The normalized spacial score (nSPS) is 13.0. The first-order valence-corrected chi connectivity index (χ1v) is 15.5. The fourth-order valence-corrected chi connectivity index (χ4v) is 6.15. The maximum atomic E-state index is 2.41. The van der Waals surface area contributed by atoms with Crippen molar-refractivity contribution in [3.8, 4) is 0 Å². The van der Waals surface area contributed by atoms with Crippen molar-refractivity contribution in [3.63, 3.8) is 0 Å².